The number of aromatic hydroxyl groups is 1. The monoisotopic (exact) mass is 294 g/mol. The van der Waals surface area contributed by atoms with Crippen LogP contribution >= 0.6 is 22.9 Å². The number of hydrogen-bond acceptors (Lipinski definition) is 4. The number of nitrogens with zero attached hydrogens (tertiary/aromatic N) is 1. The molecule has 1 aromatic carbocycles. The quantitative estimate of drug-likeness (QED) is 0.674. The lowest BCUT2D eigenvalue weighted by Gasteiger charge is -2.01. The Hall–Kier alpha value is -1.85. The molecule has 0 atom stereocenters. The van der Waals surface area contributed by atoms with Crippen molar-refractivity contribution in [3.8, 4) is 5.75 Å². The molecule has 0 radical (unpaired) electrons. The van der Waals surface area contributed by atoms with E-state index in [-0.39, 0.29) is 11.7 Å². The number of hydrogen-bond donors (Lipinski definition) is 2. The molecule has 0 saturated carbocycles. The van der Waals surface area contributed by atoms with Gasteiger partial charge in [-0.2, -0.15) is 5.10 Å². The molecule has 2 rings (SSSR count). The summed E-state index contributed by atoms with van der Waals surface area (Å²) in [4.78, 5) is 12.7. The highest BCUT2D eigenvalue weighted by atomic mass is 35.5. The summed E-state index contributed by atoms with van der Waals surface area (Å²) in [5.41, 5.74) is 3.57. The van der Waals surface area contributed by atoms with Crippen molar-refractivity contribution < 1.29 is 9.90 Å². The van der Waals surface area contributed by atoms with Crippen LogP contribution in [0.4, 0.5) is 0 Å². The third-order valence-electron chi connectivity index (χ3n) is 2.38. The van der Waals surface area contributed by atoms with Crippen molar-refractivity contribution >= 4 is 34.6 Å². The Kier molecular flexibility index (Phi) is 4.19. The van der Waals surface area contributed by atoms with E-state index in [4.69, 9.17) is 16.7 Å². The molecule has 2 aromatic rings. The van der Waals surface area contributed by atoms with Crippen molar-refractivity contribution in [2.75, 3.05) is 0 Å². The van der Waals surface area contributed by atoms with Gasteiger partial charge < -0.3 is 5.11 Å². The van der Waals surface area contributed by atoms with Gasteiger partial charge in [-0.15, -0.1) is 11.3 Å². The second-order valence-corrected chi connectivity index (χ2v) is 5.50. The van der Waals surface area contributed by atoms with E-state index in [1.54, 1.807) is 13.0 Å². The molecule has 1 amide bonds. The highest BCUT2D eigenvalue weighted by Crippen LogP contribution is 2.21. The maximum absolute atomic E-state index is 11.8. The number of nitrogens with one attached hydrogen (secondary N) is 1. The van der Waals surface area contributed by atoms with E-state index in [0.717, 1.165) is 4.88 Å². The third kappa shape index (κ3) is 3.56. The van der Waals surface area contributed by atoms with Gasteiger partial charge in [-0.3, -0.25) is 4.79 Å². The van der Waals surface area contributed by atoms with Crippen LogP contribution in [-0.4, -0.2) is 16.7 Å². The van der Waals surface area contributed by atoms with Crippen LogP contribution < -0.4 is 5.43 Å². The molecular weight excluding hydrogens is 284 g/mol. The van der Waals surface area contributed by atoms with E-state index in [2.05, 4.69) is 10.5 Å². The van der Waals surface area contributed by atoms with Crippen molar-refractivity contribution in [2.24, 2.45) is 5.10 Å². The molecule has 0 aliphatic rings. The summed E-state index contributed by atoms with van der Waals surface area (Å²) in [6.07, 6.45) is 0. The summed E-state index contributed by atoms with van der Waals surface area (Å²) in [6.45, 7) is 1.79. The summed E-state index contributed by atoms with van der Waals surface area (Å²) in [5, 5.41) is 13.2. The first kappa shape index (κ1) is 13.6. The first-order valence-electron chi connectivity index (χ1n) is 5.45. The number of rotatable bonds is 3. The Morgan fingerprint density at radius 1 is 1.26 bits per heavy atom. The Labute approximate surface area is 119 Å². The van der Waals surface area contributed by atoms with Crippen LogP contribution in [-0.2, 0) is 0 Å². The van der Waals surface area contributed by atoms with Gasteiger partial charge in [0.25, 0.3) is 5.91 Å². The van der Waals surface area contributed by atoms with Crippen LogP contribution in [0.3, 0.4) is 0 Å². The largest absolute Gasteiger partial charge is 0.508 e. The minimum absolute atomic E-state index is 0.115. The van der Waals surface area contributed by atoms with Gasteiger partial charge in [0.2, 0.25) is 0 Å². The molecule has 1 heterocycles. The summed E-state index contributed by atoms with van der Waals surface area (Å²) in [7, 11) is 0. The number of amides is 1. The summed E-state index contributed by atoms with van der Waals surface area (Å²) < 4.78 is 0.675. The van der Waals surface area contributed by atoms with Gasteiger partial charge in [-0.25, -0.2) is 5.43 Å². The van der Waals surface area contributed by atoms with Gasteiger partial charge in [0, 0.05) is 5.56 Å². The molecule has 1 aromatic heterocycles. The van der Waals surface area contributed by atoms with Crippen molar-refractivity contribution in [3.05, 3.63) is 51.2 Å². The number of hydrazone groups is 1. The lowest BCUT2D eigenvalue weighted by Crippen LogP contribution is -2.18. The molecule has 0 aliphatic carbocycles. The summed E-state index contributed by atoms with van der Waals surface area (Å²) in [6, 6.07) is 9.57. The lowest BCUT2D eigenvalue weighted by molar-refractivity contribution is 0.0955. The van der Waals surface area contributed by atoms with E-state index >= 15 is 0 Å². The van der Waals surface area contributed by atoms with Gasteiger partial charge >= 0.3 is 0 Å². The lowest BCUT2D eigenvalue weighted by atomic mass is 10.2. The van der Waals surface area contributed by atoms with Gasteiger partial charge in [0.15, 0.2) is 0 Å². The van der Waals surface area contributed by atoms with Crippen molar-refractivity contribution in [1.29, 1.82) is 0 Å². The fraction of sp³-hybridized carbons (Fsp3) is 0.0769. The van der Waals surface area contributed by atoms with Crippen LogP contribution in [0.1, 0.15) is 22.2 Å². The molecule has 0 aliphatic heterocycles. The van der Waals surface area contributed by atoms with Crippen LogP contribution in [0, 0.1) is 0 Å². The molecular formula is C13H11ClN2O2S. The predicted octanol–water partition coefficient (Wildman–Crippen LogP) is 3.26. The zero-order valence-corrected chi connectivity index (χ0v) is 11.6. The molecule has 0 fully saturated rings. The molecule has 0 unspecified atom stereocenters. The van der Waals surface area contributed by atoms with Crippen LogP contribution in [0.5, 0.6) is 5.75 Å². The normalized spacial score (nSPS) is 11.4. The zero-order chi connectivity index (χ0) is 13.8. The molecule has 0 saturated heterocycles. The number of benzene rings is 1. The Balaban J connectivity index is 2.05. The third-order valence-corrected chi connectivity index (χ3v) is 3.72. The minimum atomic E-state index is -0.331. The maximum atomic E-state index is 11.8. The zero-order valence-electron chi connectivity index (χ0n) is 10.1. The van der Waals surface area contributed by atoms with E-state index in [1.807, 2.05) is 6.07 Å². The standard InChI is InChI=1S/C13H11ClN2O2S/c1-8(11-6-7-12(14)19-11)15-16-13(18)9-2-4-10(17)5-3-9/h2-7,17H,1H3,(H,16,18)/b15-8-. The fourth-order valence-corrected chi connectivity index (χ4v) is 2.36. The summed E-state index contributed by atoms with van der Waals surface area (Å²) >= 11 is 7.23. The number of phenols is 1. The molecule has 4 nitrogen and oxygen atoms in total. The highest BCUT2D eigenvalue weighted by molar-refractivity contribution is 7.18. The smallest absolute Gasteiger partial charge is 0.271 e. The number of halogens is 1. The Morgan fingerprint density at radius 2 is 1.95 bits per heavy atom. The van der Waals surface area contributed by atoms with Gasteiger partial charge in [0.05, 0.1) is 14.9 Å². The average molecular weight is 295 g/mol. The first-order valence-corrected chi connectivity index (χ1v) is 6.65. The summed E-state index contributed by atoms with van der Waals surface area (Å²) in [5.74, 6) is -0.216. The van der Waals surface area contributed by atoms with E-state index < -0.39 is 0 Å². The fourth-order valence-electron chi connectivity index (χ4n) is 1.38. The first-order chi connectivity index (χ1) is 9.06. The Morgan fingerprint density at radius 3 is 2.53 bits per heavy atom. The van der Waals surface area contributed by atoms with Crippen molar-refractivity contribution in [2.45, 2.75) is 6.92 Å². The second-order valence-electron chi connectivity index (χ2n) is 3.79. The second kappa shape index (κ2) is 5.86. The molecule has 0 bridgehead atoms. The van der Waals surface area contributed by atoms with Crippen molar-refractivity contribution in [1.82, 2.24) is 5.43 Å². The number of carbonyl (C=O) groups excluding carboxylic acids is 1. The number of phenolic OH excluding ortho intramolecular Hbond substituents is 1. The van der Waals surface area contributed by atoms with Crippen molar-refractivity contribution in [3.63, 3.8) is 0 Å². The van der Waals surface area contributed by atoms with Crippen LogP contribution in [0.25, 0.3) is 0 Å². The molecule has 0 spiro atoms. The van der Waals surface area contributed by atoms with Gasteiger partial charge in [-0.1, -0.05) is 11.6 Å². The van der Waals surface area contributed by atoms with E-state index in [0.29, 0.717) is 15.6 Å². The minimum Gasteiger partial charge on any atom is -0.508 e. The average Bonchev–Trinajstić information content (AvgIpc) is 2.83. The molecule has 2 N–H and O–H groups in total. The molecule has 19 heavy (non-hydrogen) atoms. The van der Waals surface area contributed by atoms with E-state index in [9.17, 15) is 4.79 Å². The van der Waals surface area contributed by atoms with Gasteiger partial charge in [-0.05, 0) is 43.3 Å². The molecule has 98 valence electrons. The van der Waals surface area contributed by atoms with Crippen LogP contribution in [0.15, 0.2) is 41.5 Å². The topological polar surface area (TPSA) is 61.7 Å². The maximum Gasteiger partial charge on any atom is 0.271 e. The highest BCUT2D eigenvalue weighted by Gasteiger charge is 2.06. The van der Waals surface area contributed by atoms with E-state index in [1.165, 1.54) is 35.6 Å². The SMILES string of the molecule is C/C(=N/NC(=O)c1ccc(O)cc1)c1ccc(Cl)s1. The Bertz CT molecular complexity index is 620. The van der Waals surface area contributed by atoms with Gasteiger partial charge in [0.1, 0.15) is 5.75 Å². The predicted molar refractivity (Wildman–Crippen MR) is 77.1 cm³/mol. The number of carbonyl (C=O) groups is 1. The number of thiophene rings is 1. The van der Waals surface area contributed by atoms with Crippen LogP contribution in [0.2, 0.25) is 4.34 Å². The molecule has 6 heteroatoms.